The van der Waals surface area contributed by atoms with Gasteiger partial charge in [-0.25, -0.2) is 4.39 Å². The molecule has 7 heteroatoms. The minimum atomic E-state index is -0.326. The van der Waals surface area contributed by atoms with Gasteiger partial charge in [0.15, 0.2) is 5.96 Å². The van der Waals surface area contributed by atoms with Gasteiger partial charge in [0.2, 0.25) is 0 Å². The highest BCUT2D eigenvalue weighted by Crippen LogP contribution is 2.29. The second-order valence-electron chi connectivity index (χ2n) is 7.07. The number of rotatable bonds is 5. The van der Waals surface area contributed by atoms with Gasteiger partial charge in [-0.3, -0.25) is 4.99 Å². The standard InChI is InChI=1S/C18H28ClFN4O/c1-18(2,15-6-5-13(20)9-16(15)19)12-23-17(21-3)22-10-14-11-24(4)7-8-25-14/h5-6,9,14H,7-8,10-12H2,1-4H3,(H2,21,22,23). The zero-order valence-electron chi connectivity index (χ0n) is 15.4. The molecule has 1 unspecified atom stereocenters. The highest BCUT2D eigenvalue weighted by molar-refractivity contribution is 6.31. The van der Waals surface area contributed by atoms with Crippen LogP contribution in [0.4, 0.5) is 4.39 Å². The van der Waals surface area contributed by atoms with E-state index < -0.39 is 0 Å². The number of nitrogens with one attached hydrogen (secondary N) is 2. The van der Waals surface area contributed by atoms with Gasteiger partial charge in [-0.1, -0.05) is 31.5 Å². The van der Waals surface area contributed by atoms with Crippen LogP contribution in [0.5, 0.6) is 0 Å². The molecule has 0 amide bonds. The SMILES string of the molecule is CN=C(NCC1CN(C)CCO1)NCC(C)(C)c1ccc(F)cc1Cl. The minimum absolute atomic E-state index is 0.150. The van der Waals surface area contributed by atoms with Gasteiger partial charge in [0.1, 0.15) is 5.82 Å². The molecule has 0 aliphatic carbocycles. The Labute approximate surface area is 154 Å². The number of nitrogens with zero attached hydrogens (tertiary/aromatic N) is 2. The number of likely N-dealkylation sites (N-methyl/N-ethyl adjacent to an activating group) is 1. The van der Waals surface area contributed by atoms with Crippen molar-refractivity contribution in [1.29, 1.82) is 0 Å². The largest absolute Gasteiger partial charge is 0.374 e. The van der Waals surface area contributed by atoms with Crippen molar-refractivity contribution in [2.45, 2.75) is 25.4 Å². The molecule has 1 atom stereocenters. The Kier molecular flexibility index (Phi) is 7.04. The van der Waals surface area contributed by atoms with E-state index >= 15 is 0 Å². The van der Waals surface area contributed by atoms with E-state index in [1.54, 1.807) is 13.1 Å². The van der Waals surface area contributed by atoms with E-state index in [2.05, 4.69) is 41.4 Å². The summed E-state index contributed by atoms with van der Waals surface area (Å²) in [5.74, 6) is 0.385. The van der Waals surface area contributed by atoms with Gasteiger partial charge < -0.3 is 20.3 Å². The van der Waals surface area contributed by atoms with Gasteiger partial charge in [0.25, 0.3) is 0 Å². The first kappa shape index (κ1) is 19.9. The van der Waals surface area contributed by atoms with Crippen molar-refractivity contribution in [3.05, 3.63) is 34.6 Å². The monoisotopic (exact) mass is 370 g/mol. The van der Waals surface area contributed by atoms with Crippen LogP contribution < -0.4 is 10.6 Å². The Balaban J connectivity index is 1.88. The molecule has 1 saturated heterocycles. The lowest BCUT2D eigenvalue weighted by molar-refractivity contribution is -0.0161. The lowest BCUT2D eigenvalue weighted by atomic mass is 9.84. The number of hydrogen-bond donors (Lipinski definition) is 2. The number of morpholine rings is 1. The lowest BCUT2D eigenvalue weighted by Gasteiger charge is -2.31. The number of benzene rings is 1. The number of hydrogen-bond acceptors (Lipinski definition) is 3. The van der Waals surface area contributed by atoms with Crippen LogP contribution in [-0.2, 0) is 10.2 Å². The summed E-state index contributed by atoms with van der Waals surface area (Å²) in [6.45, 7) is 8.06. The first-order chi connectivity index (χ1) is 11.8. The van der Waals surface area contributed by atoms with Crippen molar-refractivity contribution in [1.82, 2.24) is 15.5 Å². The molecule has 0 spiro atoms. The predicted molar refractivity (Wildman–Crippen MR) is 101 cm³/mol. The zero-order valence-corrected chi connectivity index (χ0v) is 16.2. The summed E-state index contributed by atoms with van der Waals surface area (Å²) in [5, 5.41) is 7.06. The van der Waals surface area contributed by atoms with Crippen molar-refractivity contribution in [3.8, 4) is 0 Å². The summed E-state index contributed by atoms with van der Waals surface area (Å²) in [4.78, 5) is 6.51. The Morgan fingerprint density at radius 1 is 1.44 bits per heavy atom. The molecule has 25 heavy (non-hydrogen) atoms. The highest BCUT2D eigenvalue weighted by atomic mass is 35.5. The van der Waals surface area contributed by atoms with E-state index in [1.165, 1.54) is 12.1 Å². The molecule has 1 heterocycles. The number of halogens is 2. The molecule has 1 aromatic carbocycles. The molecule has 0 aromatic heterocycles. The van der Waals surface area contributed by atoms with Gasteiger partial charge in [-0.05, 0) is 24.7 Å². The molecule has 0 bridgehead atoms. The fraction of sp³-hybridized carbons (Fsp3) is 0.611. The minimum Gasteiger partial charge on any atom is -0.374 e. The van der Waals surface area contributed by atoms with E-state index in [0.717, 1.165) is 25.3 Å². The highest BCUT2D eigenvalue weighted by Gasteiger charge is 2.24. The molecule has 140 valence electrons. The number of aliphatic imine (C=N–C) groups is 1. The van der Waals surface area contributed by atoms with E-state index in [1.807, 2.05) is 0 Å². The maximum atomic E-state index is 13.3. The fourth-order valence-electron chi connectivity index (χ4n) is 2.86. The maximum absolute atomic E-state index is 13.3. The van der Waals surface area contributed by atoms with Crippen LogP contribution >= 0.6 is 11.6 Å². The summed E-state index contributed by atoms with van der Waals surface area (Å²) in [6.07, 6.45) is 0.150. The second-order valence-corrected chi connectivity index (χ2v) is 7.48. The Bertz CT molecular complexity index is 609. The van der Waals surface area contributed by atoms with Crippen molar-refractivity contribution in [2.75, 3.05) is 46.9 Å². The normalized spacial score (nSPS) is 19.8. The maximum Gasteiger partial charge on any atom is 0.191 e. The van der Waals surface area contributed by atoms with Crippen molar-refractivity contribution in [3.63, 3.8) is 0 Å². The summed E-state index contributed by atoms with van der Waals surface area (Å²) < 4.78 is 19.0. The third kappa shape index (κ3) is 5.83. The van der Waals surface area contributed by atoms with Crippen molar-refractivity contribution < 1.29 is 9.13 Å². The van der Waals surface area contributed by atoms with Crippen molar-refractivity contribution in [2.24, 2.45) is 4.99 Å². The van der Waals surface area contributed by atoms with Crippen molar-refractivity contribution >= 4 is 17.6 Å². The average molecular weight is 371 g/mol. The number of ether oxygens (including phenoxy) is 1. The molecule has 1 aromatic rings. The molecule has 0 radical (unpaired) electrons. The summed E-state index contributed by atoms with van der Waals surface area (Å²) >= 11 is 6.20. The summed E-state index contributed by atoms with van der Waals surface area (Å²) in [7, 11) is 3.83. The van der Waals surface area contributed by atoms with Crippen LogP contribution in [0, 0.1) is 5.82 Å². The van der Waals surface area contributed by atoms with Crippen LogP contribution in [0.25, 0.3) is 0 Å². The first-order valence-corrected chi connectivity index (χ1v) is 8.90. The van der Waals surface area contributed by atoms with E-state index in [-0.39, 0.29) is 17.3 Å². The second kappa shape index (κ2) is 8.83. The molecule has 0 saturated carbocycles. The van der Waals surface area contributed by atoms with Crippen LogP contribution in [0.1, 0.15) is 19.4 Å². The summed E-state index contributed by atoms with van der Waals surface area (Å²) in [6, 6.07) is 4.52. The smallest absolute Gasteiger partial charge is 0.191 e. The molecule has 2 rings (SSSR count). The van der Waals surface area contributed by atoms with Crippen LogP contribution in [0.2, 0.25) is 5.02 Å². The molecule has 1 aliphatic heterocycles. The van der Waals surface area contributed by atoms with Gasteiger partial charge in [-0.2, -0.15) is 0 Å². The Morgan fingerprint density at radius 2 is 2.20 bits per heavy atom. The quantitative estimate of drug-likeness (QED) is 0.616. The van der Waals surface area contributed by atoms with Gasteiger partial charge in [0.05, 0.1) is 12.7 Å². The van der Waals surface area contributed by atoms with E-state index in [4.69, 9.17) is 16.3 Å². The lowest BCUT2D eigenvalue weighted by Crippen LogP contribution is -2.49. The molecule has 5 nitrogen and oxygen atoms in total. The molecule has 2 N–H and O–H groups in total. The van der Waals surface area contributed by atoms with E-state index in [0.29, 0.717) is 24.1 Å². The van der Waals surface area contributed by atoms with Crippen LogP contribution in [0.15, 0.2) is 23.2 Å². The topological polar surface area (TPSA) is 48.9 Å². The third-order valence-electron chi connectivity index (χ3n) is 4.42. The predicted octanol–water partition coefficient (Wildman–Crippen LogP) is 2.25. The molecular weight excluding hydrogens is 343 g/mol. The Morgan fingerprint density at radius 3 is 2.84 bits per heavy atom. The fourth-order valence-corrected chi connectivity index (χ4v) is 3.28. The van der Waals surface area contributed by atoms with Crippen LogP contribution in [0.3, 0.4) is 0 Å². The van der Waals surface area contributed by atoms with Gasteiger partial charge in [-0.15, -0.1) is 0 Å². The van der Waals surface area contributed by atoms with E-state index in [9.17, 15) is 4.39 Å². The average Bonchev–Trinajstić information content (AvgIpc) is 2.54. The molecule has 1 aliphatic rings. The summed E-state index contributed by atoms with van der Waals surface area (Å²) in [5.41, 5.74) is 0.625. The zero-order chi connectivity index (χ0) is 18.4. The third-order valence-corrected chi connectivity index (χ3v) is 4.73. The van der Waals surface area contributed by atoms with Crippen LogP contribution in [-0.4, -0.2) is 63.8 Å². The molecule has 1 fully saturated rings. The van der Waals surface area contributed by atoms with Gasteiger partial charge >= 0.3 is 0 Å². The Hall–Kier alpha value is -1.37. The first-order valence-electron chi connectivity index (χ1n) is 8.52. The van der Waals surface area contributed by atoms with Gasteiger partial charge in [0, 0.05) is 43.7 Å². The number of guanidine groups is 1. The molecular formula is C18H28ClFN4O.